The molecule has 0 atom stereocenters. The normalized spacial score (nSPS) is 15.7. The third-order valence-corrected chi connectivity index (χ3v) is 10.5. The largest absolute Gasteiger partial charge is 0.456 e. The van der Waals surface area contributed by atoms with Crippen LogP contribution in [0.15, 0.2) is 150 Å². The second kappa shape index (κ2) is 9.19. The predicted octanol–water partition coefficient (Wildman–Crippen LogP) is 15.6. The Bertz CT molecular complexity index is 2730. The number of hydrogen-bond donors (Lipinski definition) is 0. The molecule has 0 N–H and O–H groups in total. The molecule has 0 amide bonds. The summed E-state index contributed by atoms with van der Waals surface area (Å²) in [7, 11) is 0. The lowest BCUT2D eigenvalue weighted by Crippen LogP contribution is -2.15. The molecule has 1 aromatic heterocycles. The molecular weight excluding hydrogens is 556 g/mol. The SMILES string of the molecule is CC1(C)c2ccccc2-c2c1cc(-c1c3ccccc3c(-c3cccc4oc5ccccc5c34)c3ccccc13)c1ccccc21.[2H][2H].[2H][2H].[2H][2H].[2H][2H].[2H][2H].[2H][2H].[2H][2H].[2H][2H].[2H][2H].[2H][2H].[2H][2H].[2H][2H]. The standard InChI is InChI=1S/C45H30O.12H2/c1-45(2)37-23-11-9-20-33(37)43-28-15-4-3-14-27(28)36(26-38(43)45)42-31-18-7-5-16-29(31)41(30-17-6-8-19-32(30)42)35-22-13-25-40-44(35)34-21-10-12-24-39(34)46-40;;;;;;;;;;;;/h3-26H,1-2H3;12*1H/i;12*1+1D. The fraction of sp³-hybridized carbons (Fsp3) is 0.0667. The summed E-state index contributed by atoms with van der Waals surface area (Å²) in [5, 5.41) is 9.96. The first-order valence-corrected chi connectivity index (χ1v) is 16.1. The Kier molecular flexibility index (Phi) is 3.31. The summed E-state index contributed by atoms with van der Waals surface area (Å²) in [5.74, 6) is 0. The van der Waals surface area contributed by atoms with Crippen molar-refractivity contribution < 1.29 is 40.1 Å². The van der Waals surface area contributed by atoms with Crippen LogP contribution in [0.3, 0.4) is 0 Å². The first-order valence-electron chi connectivity index (χ1n) is 28.1. The van der Waals surface area contributed by atoms with E-state index in [1.165, 1.54) is 82.2 Å². The third kappa shape index (κ3) is 3.30. The lowest BCUT2D eigenvalue weighted by molar-refractivity contribution is 0.661. The monoisotopic (exact) mass is 635 g/mol. The van der Waals surface area contributed by atoms with Crippen LogP contribution in [0.2, 0.25) is 0 Å². The minimum Gasteiger partial charge on any atom is -0.456 e. The molecule has 1 aliphatic carbocycles. The number of hydrogen-bond acceptors (Lipinski definition) is 1. The van der Waals surface area contributed by atoms with Gasteiger partial charge in [0.05, 0.1) is 0 Å². The van der Waals surface area contributed by atoms with Gasteiger partial charge in [-0.3, -0.25) is 0 Å². The molecule has 0 fully saturated rings. The minimum atomic E-state index is -0.103. The van der Waals surface area contributed by atoms with Crippen molar-refractivity contribution >= 4 is 54.3 Å². The number of benzene rings is 8. The summed E-state index contributed by atoms with van der Waals surface area (Å²) >= 11 is 0. The Balaban J connectivity index is -0.00000165. The van der Waals surface area contributed by atoms with E-state index < -0.39 is 0 Å². The van der Waals surface area contributed by atoms with Crippen LogP contribution in [0.25, 0.3) is 87.6 Å². The van der Waals surface area contributed by atoms with E-state index in [0.29, 0.717) is 0 Å². The fourth-order valence-corrected chi connectivity index (χ4v) is 8.45. The second-order valence-corrected chi connectivity index (χ2v) is 13.2. The van der Waals surface area contributed by atoms with Crippen molar-refractivity contribution in [1.29, 1.82) is 0 Å². The zero-order chi connectivity index (χ0) is 54.6. The van der Waals surface area contributed by atoms with Crippen LogP contribution < -0.4 is 0 Å². The molecule has 1 aliphatic rings. The molecule has 0 saturated heterocycles. The molecule has 0 bridgehead atoms. The lowest BCUT2D eigenvalue weighted by Gasteiger charge is -2.24. The van der Waals surface area contributed by atoms with Gasteiger partial charge in [0.2, 0.25) is 0 Å². The smallest absolute Gasteiger partial charge is 0.136 e. The quantitative estimate of drug-likeness (QED) is 0.172. The molecule has 0 unspecified atom stereocenters. The molecule has 10 rings (SSSR count). The van der Waals surface area contributed by atoms with Crippen LogP contribution in [0.5, 0.6) is 0 Å². The van der Waals surface area contributed by atoms with Gasteiger partial charge in [0.1, 0.15) is 11.2 Å². The summed E-state index contributed by atoms with van der Waals surface area (Å²) in [4.78, 5) is 0. The maximum Gasteiger partial charge on any atom is 0.136 e. The van der Waals surface area contributed by atoms with Crippen LogP contribution in [-0.4, -0.2) is 0 Å². The molecule has 0 spiro atoms. The van der Waals surface area contributed by atoms with E-state index in [0.717, 1.165) is 16.6 Å². The summed E-state index contributed by atoms with van der Waals surface area (Å²) < 4.78 is 126. The van der Waals surface area contributed by atoms with E-state index >= 15 is 0 Å². The van der Waals surface area contributed by atoms with Gasteiger partial charge in [-0.05, 0) is 95.0 Å². The fourth-order valence-electron chi connectivity index (χ4n) is 8.45. The van der Waals surface area contributed by atoms with Gasteiger partial charge in [0.15, 0.2) is 0 Å². The Labute approximate surface area is 304 Å². The van der Waals surface area contributed by atoms with Crippen molar-refractivity contribution in [2.24, 2.45) is 0 Å². The Morgan fingerprint density at radius 2 is 0.891 bits per heavy atom. The average Bonchev–Trinajstić information content (AvgIpc) is 3.98. The molecule has 9 aromatic rings. The lowest BCUT2D eigenvalue weighted by atomic mass is 9.79. The maximum absolute atomic E-state index is 6.37. The zero-order valence-corrected chi connectivity index (χ0v) is 25.8. The maximum atomic E-state index is 6.37. The van der Waals surface area contributed by atoms with Gasteiger partial charge in [-0.15, -0.1) is 0 Å². The van der Waals surface area contributed by atoms with Crippen molar-refractivity contribution in [2.75, 3.05) is 0 Å². The molecule has 46 heavy (non-hydrogen) atoms. The summed E-state index contributed by atoms with van der Waals surface area (Å²) in [5.41, 5.74) is 12.3. The van der Waals surface area contributed by atoms with E-state index in [1.807, 2.05) is 6.07 Å². The zero-order valence-electron chi connectivity index (χ0n) is 49.8. The molecule has 1 heteroatoms. The minimum absolute atomic E-state index is 0.103. The predicted molar refractivity (Wildman–Crippen MR) is 220 cm³/mol. The number of rotatable bonds is 2. The molecule has 0 aliphatic heterocycles. The highest BCUT2D eigenvalue weighted by Crippen LogP contribution is 2.55. The Morgan fingerprint density at radius 3 is 1.57 bits per heavy atom. The van der Waals surface area contributed by atoms with Gasteiger partial charge >= 0.3 is 0 Å². The van der Waals surface area contributed by atoms with Crippen LogP contribution in [0.1, 0.15) is 60.6 Å². The Hall–Kier alpha value is -5.66. The highest BCUT2D eigenvalue weighted by atomic mass is 16.3. The molecule has 1 nitrogen and oxygen atoms in total. The number of para-hydroxylation sites is 1. The van der Waals surface area contributed by atoms with Gasteiger partial charge in [-0.2, -0.15) is 0 Å². The summed E-state index contributed by atoms with van der Waals surface area (Å²) in [6.07, 6.45) is 0. The molecule has 8 aromatic carbocycles. The van der Waals surface area contributed by atoms with E-state index in [-0.39, 0.29) is 5.41 Å². The van der Waals surface area contributed by atoms with Crippen molar-refractivity contribution in [3.05, 3.63) is 157 Å². The van der Waals surface area contributed by atoms with Crippen LogP contribution in [0, 0.1) is 0 Å². The summed E-state index contributed by atoms with van der Waals surface area (Å²) in [6, 6.07) is 53.3. The van der Waals surface area contributed by atoms with Crippen molar-refractivity contribution in [2.45, 2.75) is 19.3 Å². The van der Waals surface area contributed by atoms with Gasteiger partial charge < -0.3 is 4.42 Å². The topological polar surface area (TPSA) is 13.1 Å². The number of fused-ring (bicyclic) bond motifs is 10. The first-order chi connectivity index (χ1) is 34.6. The molecule has 240 valence electrons. The molecular formula is C45H54O. The van der Waals surface area contributed by atoms with E-state index in [9.17, 15) is 0 Å². The highest BCUT2D eigenvalue weighted by molar-refractivity contribution is 6.27. The van der Waals surface area contributed by atoms with E-state index in [1.54, 1.807) is 0 Å². The van der Waals surface area contributed by atoms with Crippen molar-refractivity contribution in [1.82, 2.24) is 0 Å². The van der Waals surface area contributed by atoms with Gasteiger partial charge in [-0.25, -0.2) is 0 Å². The third-order valence-electron chi connectivity index (χ3n) is 10.5. The van der Waals surface area contributed by atoms with E-state index in [4.69, 9.17) is 40.1 Å². The van der Waals surface area contributed by atoms with Crippen molar-refractivity contribution in [3.8, 4) is 33.4 Å². The van der Waals surface area contributed by atoms with Gasteiger partial charge in [-0.1, -0.05) is 141 Å². The van der Waals surface area contributed by atoms with Crippen molar-refractivity contribution in [3.63, 3.8) is 0 Å². The van der Waals surface area contributed by atoms with Crippen LogP contribution in [0.4, 0.5) is 0 Å². The molecule has 1 heterocycles. The highest BCUT2D eigenvalue weighted by Gasteiger charge is 2.37. The average molecular weight is 635 g/mol. The van der Waals surface area contributed by atoms with Gasteiger partial charge in [0, 0.05) is 51.8 Å². The van der Waals surface area contributed by atoms with Crippen LogP contribution >= 0.6 is 0 Å². The van der Waals surface area contributed by atoms with Crippen LogP contribution in [-0.2, 0) is 5.41 Å². The molecule has 0 saturated carbocycles. The second-order valence-electron chi connectivity index (χ2n) is 13.2. The molecule has 0 radical (unpaired) electrons. The first kappa shape index (κ1) is 16.6. The summed E-state index contributed by atoms with van der Waals surface area (Å²) in [6.45, 7) is 4.76. The van der Waals surface area contributed by atoms with E-state index in [2.05, 4.69) is 153 Å². The Morgan fingerprint density at radius 1 is 0.413 bits per heavy atom. The van der Waals surface area contributed by atoms with Gasteiger partial charge in [0.25, 0.3) is 0 Å². The number of furan rings is 1.